The van der Waals surface area contributed by atoms with Crippen molar-refractivity contribution in [2.45, 2.75) is 26.8 Å². The minimum Gasteiger partial charge on any atom is -0.492 e. The van der Waals surface area contributed by atoms with Crippen molar-refractivity contribution in [1.29, 1.82) is 0 Å². The molecule has 0 aliphatic carbocycles. The molecule has 2 unspecified atom stereocenters. The van der Waals surface area contributed by atoms with E-state index in [1.807, 2.05) is 13.8 Å². The van der Waals surface area contributed by atoms with Crippen LogP contribution in [0.3, 0.4) is 0 Å². The van der Waals surface area contributed by atoms with Crippen LogP contribution in [0.4, 0.5) is 4.39 Å². The van der Waals surface area contributed by atoms with Gasteiger partial charge in [-0.2, -0.15) is 0 Å². The summed E-state index contributed by atoms with van der Waals surface area (Å²) in [5.41, 5.74) is 5.91. The molecular weight excluding hydrogens is 247 g/mol. The minimum atomic E-state index is -0.414. The molecule has 1 amide bonds. The molecule has 4 nitrogen and oxygen atoms in total. The Kier molecular flexibility index (Phi) is 5.76. The predicted octanol–water partition coefficient (Wildman–Crippen LogP) is 2.00. The largest absolute Gasteiger partial charge is 0.492 e. The van der Waals surface area contributed by atoms with E-state index in [1.165, 1.54) is 12.1 Å². The zero-order chi connectivity index (χ0) is 14.4. The van der Waals surface area contributed by atoms with E-state index in [2.05, 4.69) is 5.32 Å². The summed E-state index contributed by atoms with van der Waals surface area (Å²) in [6.07, 6.45) is 0. The molecular formula is C14H21FN2O2. The number of nitrogens with one attached hydrogen (secondary N) is 1. The summed E-state index contributed by atoms with van der Waals surface area (Å²) in [5.74, 6) is -0.534. The van der Waals surface area contributed by atoms with Crippen molar-refractivity contribution in [1.82, 2.24) is 5.32 Å². The van der Waals surface area contributed by atoms with E-state index in [0.29, 0.717) is 5.75 Å². The summed E-state index contributed by atoms with van der Waals surface area (Å²) in [6.45, 7) is 6.56. The first-order valence-electron chi connectivity index (χ1n) is 6.40. The first-order valence-corrected chi connectivity index (χ1v) is 6.40. The van der Waals surface area contributed by atoms with Crippen LogP contribution in [0.1, 0.15) is 32.4 Å². The van der Waals surface area contributed by atoms with Crippen LogP contribution in [0.15, 0.2) is 18.2 Å². The lowest BCUT2D eigenvalue weighted by Crippen LogP contribution is -2.26. The highest BCUT2D eigenvalue weighted by molar-refractivity contribution is 5.76. The monoisotopic (exact) mass is 268 g/mol. The van der Waals surface area contributed by atoms with Crippen LogP contribution in [0, 0.1) is 11.7 Å². The van der Waals surface area contributed by atoms with Gasteiger partial charge in [0.2, 0.25) is 5.91 Å². The average molecular weight is 268 g/mol. The van der Waals surface area contributed by atoms with Gasteiger partial charge in [-0.25, -0.2) is 4.39 Å². The molecule has 0 bridgehead atoms. The van der Waals surface area contributed by atoms with E-state index in [-0.39, 0.29) is 24.4 Å². The molecule has 0 saturated heterocycles. The van der Waals surface area contributed by atoms with Crippen molar-refractivity contribution in [3.05, 3.63) is 29.6 Å². The third-order valence-corrected chi connectivity index (χ3v) is 2.92. The maximum Gasteiger partial charge on any atom is 0.223 e. The van der Waals surface area contributed by atoms with Gasteiger partial charge in [-0.3, -0.25) is 4.79 Å². The Balaban J connectivity index is 2.84. The van der Waals surface area contributed by atoms with E-state index in [4.69, 9.17) is 10.5 Å². The molecule has 0 heterocycles. The van der Waals surface area contributed by atoms with Gasteiger partial charge in [-0.1, -0.05) is 13.8 Å². The van der Waals surface area contributed by atoms with Crippen molar-refractivity contribution in [3.8, 4) is 5.75 Å². The number of hydrogen-bond donors (Lipinski definition) is 2. The maximum atomic E-state index is 13.3. The summed E-state index contributed by atoms with van der Waals surface area (Å²) < 4.78 is 18.9. The summed E-state index contributed by atoms with van der Waals surface area (Å²) >= 11 is 0. The molecule has 0 saturated carbocycles. The Morgan fingerprint density at radius 2 is 2.16 bits per heavy atom. The maximum absolute atomic E-state index is 13.3. The first-order chi connectivity index (χ1) is 8.95. The lowest BCUT2D eigenvalue weighted by molar-refractivity contribution is -0.122. The normalized spacial score (nSPS) is 13.9. The fourth-order valence-electron chi connectivity index (χ4n) is 1.70. The van der Waals surface area contributed by atoms with Gasteiger partial charge in [0.05, 0.1) is 12.5 Å². The second-order valence-electron chi connectivity index (χ2n) is 4.58. The Labute approximate surface area is 113 Å². The van der Waals surface area contributed by atoms with Gasteiger partial charge in [0.25, 0.3) is 0 Å². The van der Waals surface area contributed by atoms with E-state index < -0.39 is 5.91 Å². The molecule has 19 heavy (non-hydrogen) atoms. The van der Waals surface area contributed by atoms with Crippen LogP contribution in [0.5, 0.6) is 5.75 Å². The standard InChI is InChI=1S/C14H21FN2O2/c1-4-17-10(3)12-7-11(15)5-6-13(12)19-8-9(2)14(16)18/h5-7,9-10,17H,4,8H2,1-3H3,(H2,16,18). The van der Waals surface area contributed by atoms with Crippen LogP contribution in [-0.2, 0) is 4.79 Å². The second-order valence-corrected chi connectivity index (χ2v) is 4.58. The van der Waals surface area contributed by atoms with Gasteiger partial charge < -0.3 is 15.8 Å². The fourth-order valence-corrected chi connectivity index (χ4v) is 1.70. The topological polar surface area (TPSA) is 64.3 Å². The highest BCUT2D eigenvalue weighted by Gasteiger charge is 2.15. The van der Waals surface area contributed by atoms with Gasteiger partial charge in [0.1, 0.15) is 11.6 Å². The van der Waals surface area contributed by atoms with Crippen LogP contribution in [-0.4, -0.2) is 19.1 Å². The van der Waals surface area contributed by atoms with Crippen molar-refractivity contribution in [3.63, 3.8) is 0 Å². The number of rotatable bonds is 7. The van der Waals surface area contributed by atoms with E-state index in [0.717, 1.165) is 12.1 Å². The van der Waals surface area contributed by atoms with E-state index >= 15 is 0 Å². The van der Waals surface area contributed by atoms with Gasteiger partial charge in [0.15, 0.2) is 0 Å². The van der Waals surface area contributed by atoms with Crippen LogP contribution in [0.25, 0.3) is 0 Å². The lowest BCUT2D eigenvalue weighted by Gasteiger charge is -2.18. The smallest absolute Gasteiger partial charge is 0.223 e. The number of carbonyl (C=O) groups is 1. The van der Waals surface area contributed by atoms with Crippen molar-refractivity contribution >= 4 is 5.91 Å². The Hall–Kier alpha value is -1.62. The Morgan fingerprint density at radius 1 is 1.47 bits per heavy atom. The zero-order valence-electron chi connectivity index (χ0n) is 11.6. The highest BCUT2D eigenvalue weighted by Crippen LogP contribution is 2.26. The number of benzene rings is 1. The number of halogens is 1. The van der Waals surface area contributed by atoms with E-state index in [9.17, 15) is 9.18 Å². The average Bonchev–Trinajstić information content (AvgIpc) is 2.36. The molecule has 0 fully saturated rings. The van der Waals surface area contributed by atoms with Crippen LogP contribution in [0.2, 0.25) is 0 Å². The minimum absolute atomic E-state index is 0.0282. The molecule has 1 rings (SSSR count). The predicted molar refractivity (Wildman–Crippen MR) is 72.3 cm³/mol. The van der Waals surface area contributed by atoms with Crippen molar-refractivity contribution in [2.24, 2.45) is 11.7 Å². The molecule has 106 valence electrons. The van der Waals surface area contributed by atoms with Gasteiger partial charge in [-0.05, 0) is 31.7 Å². The van der Waals surface area contributed by atoms with E-state index in [1.54, 1.807) is 13.0 Å². The quantitative estimate of drug-likeness (QED) is 0.795. The second kappa shape index (κ2) is 7.09. The molecule has 3 N–H and O–H groups in total. The summed E-state index contributed by atoms with van der Waals surface area (Å²) in [4.78, 5) is 11.0. The lowest BCUT2D eigenvalue weighted by atomic mass is 10.1. The Morgan fingerprint density at radius 3 is 2.74 bits per heavy atom. The molecule has 0 spiro atoms. The summed E-state index contributed by atoms with van der Waals surface area (Å²) in [7, 11) is 0. The highest BCUT2D eigenvalue weighted by atomic mass is 19.1. The molecule has 0 aromatic heterocycles. The third kappa shape index (κ3) is 4.52. The molecule has 1 aromatic rings. The van der Waals surface area contributed by atoms with Crippen LogP contribution < -0.4 is 15.8 Å². The number of ether oxygens (including phenoxy) is 1. The van der Waals surface area contributed by atoms with Gasteiger partial charge >= 0.3 is 0 Å². The Bertz CT molecular complexity index is 437. The number of nitrogens with two attached hydrogens (primary N) is 1. The SMILES string of the molecule is CCNC(C)c1cc(F)ccc1OCC(C)C(N)=O. The van der Waals surface area contributed by atoms with Crippen molar-refractivity contribution in [2.75, 3.05) is 13.2 Å². The molecule has 0 aliphatic heterocycles. The number of amides is 1. The molecule has 5 heteroatoms. The molecule has 1 aromatic carbocycles. The fraction of sp³-hybridized carbons (Fsp3) is 0.500. The number of primary amides is 1. The van der Waals surface area contributed by atoms with Gasteiger partial charge in [-0.15, -0.1) is 0 Å². The molecule has 2 atom stereocenters. The molecule has 0 aliphatic rings. The van der Waals surface area contributed by atoms with Gasteiger partial charge in [0, 0.05) is 11.6 Å². The zero-order valence-corrected chi connectivity index (χ0v) is 11.6. The summed E-state index contributed by atoms with van der Waals surface area (Å²) in [6, 6.07) is 4.33. The number of carbonyl (C=O) groups excluding carboxylic acids is 1. The number of hydrogen-bond acceptors (Lipinski definition) is 3. The third-order valence-electron chi connectivity index (χ3n) is 2.92. The van der Waals surface area contributed by atoms with Crippen LogP contribution >= 0.6 is 0 Å². The summed E-state index contributed by atoms with van der Waals surface area (Å²) in [5, 5.41) is 3.20. The first kappa shape index (κ1) is 15.4. The molecule has 0 radical (unpaired) electrons. The van der Waals surface area contributed by atoms with Crippen molar-refractivity contribution < 1.29 is 13.9 Å².